The summed E-state index contributed by atoms with van der Waals surface area (Å²) < 4.78 is 31.2. The van der Waals surface area contributed by atoms with Gasteiger partial charge in [-0.1, -0.05) is 41.9 Å². The van der Waals surface area contributed by atoms with E-state index >= 15 is 0 Å². The first kappa shape index (κ1) is 18.5. The lowest BCUT2D eigenvalue weighted by atomic mass is 10.1. The second-order valence-electron chi connectivity index (χ2n) is 6.15. The van der Waals surface area contributed by atoms with Crippen LogP contribution in [0.15, 0.2) is 48.5 Å². The molecule has 6 nitrogen and oxygen atoms in total. The summed E-state index contributed by atoms with van der Waals surface area (Å²) in [6.07, 6.45) is 0.134. The number of ether oxygens (including phenoxy) is 1. The molecule has 0 bridgehead atoms. The van der Waals surface area contributed by atoms with Crippen molar-refractivity contribution in [3.05, 3.63) is 59.1 Å². The number of nitrogens with one attached hydrogen (secondary N) is 1. The van der Waals surface area contributed by atoms with Crippen molar-refractivity contribution >= 4 is 33.2 Å². The molecule has 0 unspecified atom stereocenters. The largest absolute Gasteiger partial charge is 0.476 e. The van der Waals surface area contributed by atoms with Crippen LogP contribution in [0, 0.1) is 0 Å². The predicted octanol–water partition coefficient (Wildman–Crippen LogP) is 2.74. The van der Waals surface area contributed by atoms with E-state index in [4.69, 9.17) is 16.3 Å². The van der Waals surface area contributed by atoms with Crippen LogP contribution >= 0.6 is 11.6 Å². The Morgan fingerprint density at radius 2 is 1.96 bits per heavy atom. The van der Waals surface area contributed by atoms with E-state index in [-0.39, 0.29) is 18.5 Å². The van der Waals surface area contributed by atoms with Crippen LogP contribution in [-0.2, 0) is 14.8 Å². The van der Waals surface area contributed by atoms with Crippen molar-refractivity contribution in [2.24, 2.45) is 0 Å². The number of nitrogens with zero attached hydrogens (tertiary/aromatic N) is 1. The van der Waals surface area contributed by atoms with Crippen LogP contribution < -0.4 is 14.4 Å². The van der Waals surface area contributed by atoms with Crippen molar-refractivity contribution in [3.63, 3.8) is 0 Å². The molecule has 26 heavy (non-hydrogen) atoms. The zero-order valence-electron chi connectivity index (χ0n) is 14.3. The Balaban J connectivity index is 1.83. The van der Waals surface area contributed by atoms with E-state index in [0.29, 0.717) is 16.5 Å². The van der Waals surface area contributed by atoms with Crippen LogP contribution in [0.2, 0.25) is 5.02 Å². The highest BCUT2D eigenvalue weighted by molar-refractivity contribution is 7.92. The molecule has 0 saturated heterocycles. The Bertz CT molecular complexity index is 918. The highest BCUT2D eigenvalue weighted by Gasteiger charge is 2.35. The second-order valence-corrected chi connectivity index (χ2v) is 8.50. The zero-order valence-corrected chi connectivity index (χ0v) is 15.9. The molecular weight excluding hydrogens is 376 g/mol. The molecule has 2 aromatic rings. The molecule has 0 aromatic heterocycles. The number of hydrogen-bond donors (Lipinski definition) is 1. The first-order valence-electron chi connectivity index (χ1n) is 8.05. The van der Waals surface area contributed by atoms with Gasteiger partial charge in [0.05, 0.1) is 24.5 Å². The summed E-state index contributed by atoms with van der Waals surface area (Å²) in [6, 6.07) is 13.9. The lowest BCUT2D eigenvalue weighted by molar-refractivity contribution is -0.128. The summed E-state index contributed by atoms with van der Waals surface area (Å²) in [7, 11) is -3.59. The van der Waals surface area contributed by atoms with Gasteiger partial charge < -0.3 is 10.1 Å². The van der Waals surface area contributed by atoms with Gasteiger partial charge in [-0.05, 0) is 30.7 Å². The summed E-state index contributed by atoms with van der Waals surface area (Å²) in [5.74, 6) is -0.0748. The van der Waals surface area contributed by atoms with Crippen LogP contribution in [0.3, 0.4) is 0 Å². The SMILES string of the molecule is C[C@H](NC(=O)[C@@H]1CN(S(C)(=O)=O)c2cc(Cl)ccc2O1)c1ccccc1. The number of carbonyl (C=O) groups excluding carboxylic acids is 1. The first-order valence-corrected chi connectivity index (χ1v) is 10.3. The fourth-order valence-corrected chi connectivity index (χ4v) is 3.88. The molecule has 1 aliphatic rings. The summed E-state index contributed by atoms with van der Waals surface area (Å²) in [5.41, 5.74) is 1.28. The molecule has 0 spiro atoms. The minimum atomic E-state index is -3.59. The number of carbonyl (C=O) groups is 1. The highest BCUT2D eigenvalue weighted by atomic mass is 35.5. The molecule has 1 aliphatic heterocycles. The summed E-state index contributed by atoms with van der Waals surface area (Å²) >= 11 is 5.97. The van der Waals surface area contributed by atoms with E-state index in [0.717, 1.165) is 16.1 Å². The van der Waals surface area contributed by atoms with Gasteiger partial charge in [-0.3, -0.25) is 9.10 Å². The predicted molar refractivity (Wildman–Crippen MR) is 101 cm³/mol. The van der Waals surface area contributed by atoms with Crippen LogP contribution in [0.25, 0.3) is 0 Å². The van der Waals surface area contributed by atoms with Crippen LogP contribution in [0.5, 0.6) is 5.75 Å². The number of amides is 1. The Hall–Kier alpha value is -2.25. The van der Waals surface area contributed by atoms with Gasteiger partial charge in [0.1, 0.15) is 5.75 Å². The van der Waals surface area contributed by atoms with E-state index in [1.54, 1.807) is 12.1 Å². The minimum Gasteiger partial charge on any atom is -0.476 e. The number of rotatable bonds is 4. The molecule has 2 aromatic carbocycles. The molecule has 0 fully saturated rings. The second kappa shape index (κ2) is 7.17. The van der Waals surface area contributed by atoms with Gasteiger partial charge in [0.15, 0.2) is 6.10 Å². The Morgan fingerprint density at radius 3 is 2.62 bits per heavy atom. The van der Waals surface area contributed by atoms with Crippen LogP contribution in [0.4, 0.5) is 5.69 Å². The van der Waals surface area contributed by atoms with Crippen molar-refractivity contribution in [1.82, 2.24) is 5.32 Å². The van der Waals surface area contributed by atoms with Gasteiger partial charge in [0.2, 0.25) is 10.0 Å². The van der Waals surface area contributed by atoms with E-state index in [9.17, 15) is 13.2 Å². The van der Waals surface area contributed by atoms with Gasteiger partial charge in [-0.2, -0.15) is 0 Å². The van der Waals surface area contributed by atoms with Gasteiger partial charge in [-0.15, -0.1) is 0 Å². The van der Waals surface area contributed by atoms with E-state index in [1.165, 1.54) is 6.07 Å². The highest BCUT2D eigenvalue weighted by Crippen LogP contribution is 2.37. The quantitative estimate of drug-likeness (QED) is 0.865. The number of fused-ring (bicyclic) bond motifs is 1. The molecule has 138 valence electrons. The van der Waals surface area contributed by atoms with Crippen molar-refractivity contribution < 1.29 is 17.9 Å². The fraction of sp³-hybridized carbons (Fsp3) is 0.278. The Labute approximate surface area is 157 Å². The van der Waals surface area contributed by atoms with Gasteiger partial charge in [-0.25, -0.2) is 8.42 Å². The average molecular weight is 395 g/mol. The maximum absolute atomic E-state index is 12.6. The lowest BCUT2D eigenvalue weighted by Crippen LogP contribution is -2.50. The third kappa shape index (κ3) is 3.94. The molecule has 0 aliphatic carbocycles. The van der Waals surface area contributed by atoms with Gasteiger partial charge in [0, 0.05) is 5.02 Å². The molecule has 1 N–H and O–H groups in total. The minimum absolute atomic E-state index is 0.112. The fourth-order valence-electron chi connectivity index (χ4n) is 2.81. The van der Waals surface area contributed by atoms with Crippen LogP contribution in [0.1, 0.15) is 18.5 Å². The average Bonchev–Trinajstić information content (AvgIpc) is 2.60. The van der Waals surface area contributed by atoms with E-state index in [1.807, 2.05) is 37.3 Å². The standard InChI is InChI=1S/C18H19ClN2O4S/c1-12(13-6-4-3-5-7-13)20-18(22)17-11-21(26(2,23)24)15-10-14(19)8-9-16(15)25-17/h3-10,12,17H,11H2,1-2H3,(H,20,22)/t12-,17-/m0/s1. The molecule has 8 heteroatoms. The number of benzene rings is 2. The summed E-state index contributed by atoms with van der Waals surface area (Å²) in [4.78, 5) is 12.6. The maximum atomic E-state index is 12.6. The molecule has 1 heterocycles. The Morgan fingerprint density at radius 1 is 1.27 bits per heavy atom. The molecule has 2 atom stereocenters. The number of sulfonamides is 1. The monoisotopic (exact) mass is 394 g/mol. The number of anilines is 1. The Kier molecular flexibility index (Phi) is 5.11. The molecule has 0 radical (unpaired) electrons. The van der Waals surface area contributed by atoms with Crippen molar-refractivity contribution in [1.29, 1.82) is 0 Å². The first-order chi connectivity index (χ1) is 12.3. The van der Waals surface area contributed by atoms with Crippen molar-refractivity contribution in [2.75, 3.05) is 17.1 Å². The van der Waals surface area contributed by atoms with Gasteiger partial charge in [0.25, 0.3) is 5.91 Å². The zero-order chi connectivity index (χ0) is 18.9. The smallest absolute Gasteiger partial charge is 0.263 e. The third-order valence-corrected chi connectivity index (χ3v) is 5.52. The summed E-state index contributed by atoms with van der Waals surface area (Å²) in [5, 5.41) is 3.26. The molecular formula is C18H19ClN2O4S. The maximum Gasteiger partial charge on any atom is 0.263 e. The van der Waals surface area contributed by atoms with Crippen molar-refractivity contribution in [3.8, 4) is 5.75 Å². The lowest BCUT2D eigenvalue weighted by Gasteiger charge is -2.34. The number of hydrogen-bond acceptors (Lipinski definition) is 4. The van der Waals surface area contributed by atoms with Crippen molar-refractivity contribution in [2.45, 2.75) is 19.1 Å². The molecule has 3 rings (SSSR count). The van der Waals surface area contributed by atoms with E-state index < -0.39 is 16.1 Å². The van der Waals surface area contributed by atoms with Gasteiger partial charge >= 0.3 is 0 Å². The molecule has 0 saturated carbocycles. The topological polar surface area (TPSA) is 75.7 Å². The van der Waals surface area contributed by atoms with Crippen LogP contribution in [-0.4, -0.2) is 33.2 Å². The number of halogens is 1. The normalized spacial score (nSPS) is 17.8. The van der Waals surface area contributed by atoms with E-state index in [2.05, 4.69) is 5.32 Å². The third-order valence-electron chi connectivity index (χ3n) is 4.14. The molecule has 1 amide bonds. The summed E-state index contributed by atoms with van der Waals surface area (Å²) in [6.45, 7) is 1.75.